The van der Waals surface area contributed by atoms with Crippen LogP contribution in [-0.2, 0) is 14.8 Å². The molecule has 2 rings (SSSR count). The van der Waals surface area contributed by atoms with Gasteiger partial charge in [-0.2, -0.15) is 0 Å². The van der Waals surface area contributed by atoms with E-state index in [1.807, 2.05) is 36.1 Å². The maximum Gasteiger partial charge on any atom is 0.222 e. The van der Waals surface area contributed by atoms with Crippen LogP contribution < -0.4 is 14.8 Å². The number of anilines is 1. The van der Waals surface area contributed by atoms with Crippen molar-refractivity contribution in [1.29, 1.82) is 0 Å². The van der Waals surface area contributed by atoms with Gasteiger partial charge in [0.05, 0.1) is 18.6 Å². The summed E-state index contributed by atoms with van der Waals surface area (Å²) in [6, 6.07) is 7.87. The van der Waals surface area contributed by atoms with Gasteiger partial charge in [-0.25, -0.2) is 13.6 Å². The molecule has 1 heterocycles. The minimum Gasteiger partial charge on any atom is -0.495 e. The van der Waals surface area contributed by atoms with E-state index >= 15 is 0 Å². The first-order valence-corrected chi connectivity index (χ1v) is 9.71. The minimum absolute atomic E-state index is 0.0224. The van der Waals surface area contributed by atoms with Crippen LogP contribution in [0.1, 0.15) is 19.8 Å². The fourth-order valence-electron chi connectivity index (χ4n) is 3.01. The molecule has 0 aliphatic carbocycles. The molecule has 1 aromatic rings. The van der Waals surface area contributed by atoms with Crippen LogP contribution in [0.15, 0.2) is 24.3 Å². The molecule has 7 nitrogen and oxygen atoms in total. The highest BCUT2D eigenvalue weighted by atomic mass is 32.2. The lowest BCUT2D eigenvalue weighted by atomic mass is 10.1. The zero-order valence-corrected chi connectivity index (χ0v) is 15.0. The number of carbonyl (C=O) groups is 1. The maximum absolute atomic E-state index is 12.3. The standard InChI is InChI=1S/C16H25N3O4S/c1-13-12-18(14-6-3-4-7-15(14)23-2)9-10-19(13)16(20)8-5-11-24(17,21)22/h3-4,6-7,13H,5,8-12H2,1-2H3,(H2,17,21,22)/t13-/m1/s1. The van der Waals surface area contributed by atoms with Crippen LogP contribution in [0, 0.1) is 0 Å². The number of piperazine rings is 1. The maximum atomic E-state index is 12.3. The first-order chi connectivity index (χ1) is 11.3. The van der Waals surface area contributed by atoms with Crippen molar-refractivity contribution in [3.8, 4) is 5.75 Å². The van der Waals surface area contributed by atoms with Crippen LogP contribution in [-0.4, -0.2) is 57.8 Å². The van der Waals surface area contributed by atoms with Crippen molar-refractivity contribution in [3.63, 3.8) is 0 Å². The van der Waals surface area contributed by atoms with Crippen molar-refractivity contribution in [2.75, 3.05) is 37.4 Å². The van der Waals surface area contributed by atoms with E-state index in [2.05, 4.69) is 4.90 Å². The number of hydrogen-bond acceptors (Lipinski definition) is 5. The molecule has 1 aromatic carbocycles. The number of benzene rings is 1. The van der Waals surface area contributed by atoms with E-state index in [0.717, 1.165) is 11.4 Å². The van der Waals surface area contributed by atoms with Crippen LogP contribution in [0.3, 0.4) is 0 Å². The summed E-state index contributed by atoms with van der Waals surface area (Å²) in [6.07, 6.45) is 0.465. The second kappa shape index (κ2) is 7.85. The van der Waals surface area contributed by atoms with Crippen LogP contribution >= 0.6 is 0 Å². The predicted octanol–water partition coefficient (Wildman–Crippen LogP) is 0.801. The Morgan fingerprint density at radius 3 is 2.67 bits per heavy atom. The Morgan fingerprint density at radius 1 is 1.33 bits per heavy atom. The van der Waals surface area contributed by atoms with Crippen LogP contribution in [0.2, 0.25) is 0 Å². The second-order valence-electron chi connectivity index (χ2n) is 6.02. The summed E-state index contributed by atoms with van der Waals surface area (Å²) >= 11 is 0. The van der Waals surface area contributed by atoms with Crippen molar-refractivity contribution in [2.45, 2.75) is 25.8 Å². The molecule has 0 bridgehead atoms. The van der Waals surface area contributed by atoms with Gasteiger partial charge in [-0.05, 0) is 25.5 Å². The van der Waals surface area contributed by atoms with E-state index < -0.39 is 10.0 Å². The van der Waals surface area contributed by atoms with E-state index in [1.165, 1.54) is 0 Å². The Kier molecular flexibility index (Phi) is 6.06. The first kappa shape index (κ1) is 18.5. The van der Waals surface area contributed by atoms with Gasteiger partial charge in [0.1, 0.15) is 5.75 Å². The number of sulfonamides is 1. The highest BCUT2D eigenvalue weighted by molar-refractivity contribution is 7.89. The van der Waals surface area contributed by atoms with Gasteiger partial charge in [0.25, 0.3) is 0 Å². The van der Waals surface area contributed by atoms with Gasteiger partial charge in [-0.3, -0.25) is 4.79 Å². The lowest BCUT2D eigenvalue weighted by Gasteiger charge is -2.41. The van der Waals surface area contributed by atoms with Gasteiger partial charge in [-0.1, -0.05) is 12.1 Å². The molecular formula is C16H25N3O4S. The number of rotatable bonds is 6. The van der Waals surface area contributed by atoms with Crippen molar-refractivity contribution in [3.05, 3.63) is 24.3 Å². The topological polar surface area (TPSA) is 92.9 Å². The Bertz CT molecular complexity index is 678. The average molecular weight is 355 g/mol. The van der Waals surface area contributed by atoms with Crippen LogP contribution in [0.25, 0.3) is 0 Å². The number of hydrogen-bond donors (Lipinski definition) is 1. The summed E-state index contributed by atoms with van der Waals surface area (Å²) in [4.78, 5) is 16.3. The van der Waals surface area contributed by atoms with E-state index in [-0.39, 0.29) is 30.5 Å². The molecular weight excluding hydrogens is 330 g/mol. The molecule has 0 saturated carbocycles. The molecule has 2 N–H and O–H groups in total. The molecule has 0 spiro atoms. The third-order valence-corrected chi connectivity index (χ3v) is 5.05. The number of ether oxygens (including phenoxy) is 1. The van der Waals surface area contributed by atoms with E-state index in [1.54, 1.807) is 7.11 Å². The molecule has 134 valence electrons. The summed E-state index contributed by atoms with van der Waals surface area (Å²) in [5, 5.41) is 4.97. The summed E-state index contributed by atoms with van der Waals surface area (Å²) in [7, 11) is -1.86. The zero-order valence-electron chi connectivity index (χ0n) is 14.1. The van der Waals surface area contributed by atoms with E-state index in [4.69, 9.17) is 9.88 Å². The van der Waals surface area contributed by atoms with Gasteiger partial charge in [-0.15, -0.1) is 0 Å². The van der Waals surface area contributed by atoms with Crippen LogP contribution in [0.5, 0.6) is 5.75 Å². The van der Waals surface area contributed by atoms with Gasteiger partial charge in [0.2, 0.25) is 15.9 Å². The molecule has 1 fully saturated rings. The zero-order chi connectivity index (χ0) is 17.7. The van der Waals surface area contributed by atoms with Gasteiger partial charge < -0.3 is 14.5 Å². The number of methoxy groups -OCH3 is 1. The number of para-hydroxylation sites is 2. The molecule has 24 heavy (non-hydrogen) atoms. The predicted molar refractivity (Wildman–Crippen MR) is 93.6 cm³/mol. The van der Waals surface area contributed by atoms with Crippen LogP contribution in [0.4, 0.5) is 5.69 Å². The molecule has 1 saturated heterocycles. The molecule has 1 atom stereocenters. The van der Waals surface area contributed by atoms with E-state index in [0.29, 0.717) is 19.6 Å². The monoisotopic (exact) mass is 355 g/mol. The number of nitrogens with zero attached hydrogens (tertiary/aromatic N) is 2. The fourth-order valence-corrected chi connectivity index (χ4v) is 3.55. The normalized spacial score (nSPS) is 18.5. The Morgan fingerprint density at radius 2 is 2.04 bits per heavy atom. The van der Waals surface area contributed by atoms with Gasteiger partial charge in [0, 0.05) is 32.1 Å². The molecule has 8 heteroatoms. The molecule has 0 aromatic heterocycles. The average Bonchev–Trinajstić information content (AvgIpc) is 2.53. The molecule has 1 aliphatic heterocycles. The number of primary sulfonamides is 1. The quantitative estimate of drug-likeness (QED) is 0.815. The highest BCUT2D eigenvalue weighted by Crippen LogP contribution is 2.29. The second-order valence-corrected chi connectivity index (χ2v) is 7.76. The minimum atomic E-state index is -3.51. The Balaban J connectivity index is 1.94. The summed E-state index contributed by atoms with van der Waals surface area (Å²) < 4.78 is 27.3. The molecule has 0 radical (unpaired) electrons. The SMILES string of the molecule is COc1ccccc1N1CCN(C(=O)CCCS(N)(=O)=O)[C@H](C)C1. The van der Waals surface area contributed by atoms with E-state index in [9.17, 15) is 13.2 Å². The lowest BCUT2D eigenvalue weighted by molar-refractivity contribution is -0.133. The molecule has 0 unspecified atom stereocenters. The molecule has 1 amide bonds. The van der Waals surface area contributed by atoms with Gasteiger partial charge in [0.15, 0.2) is 0 Å². The molecule has 1 aliphatic rings. The first-order valence-electron chi connectivity index (χ1n) is 7.99. The van der Waals surface area contributed by atoms with Crippen molar-refractivity contribution in [2.24, 2.45) is 5.14 Å². The third-order valence-electron chi connectivity index (χ3n) is 4.19. The number of amides is 1. The smallest absolute Gasteiger partial charge is 0.222 e. The Labute approximate surface area is 143 Å². The summed E-state index contributed by atoms with van der Waals surface area (Å²) in [5.74, 6) is 0.636. The third kappa shape index (κ3) is 4.85. The number of nitrogens with two attached hydrogens (primary N) is 1. The summed E-state index contributed by atoms with van der Waals surface area (Å²) in [6.45, 7) is 4.03. The fraction of sp³-hybridized carbons (Fsp3) is 0.562. The highest BCUT2D eigenvalue weighted by Gasteiger charge is 2.28. The number of carbonyl (C=O) groups excluding carboxylic acids is 1. The van der Waals surface area contributed by atoms with Crippen molar-refractivity contribution < 1.29 is 17.9 Å². The van der Waals surface area contributed by atoms with Crippen molar-refractivity contribution >= 4 is 21.6 Å². The van der Waals surface area contributed by atoms with Gasteiger partial charge >= 0.3 is 0 Å². The lowest BCUT2D eigenvalue weighted by Crippen LogP contribution is -2.54. The van der Waals surface area contributed by atoms with Crippen molar-refractivity contribution in [1.82, 2.24) is 4.90 Å². The summed E-state index contributed by atoms with van der Waals surface area (Å²) in [5.41, 5.74) is 1.02. The Hall–Kier alpha value is -1.80. The largest absolute Gasteiger partial charge is 0.495 e.